The minimum Gasteiger partial charge on any atom is -0.496 e. The van der Waals surface area contributed by atoms with Crippen LogP contribution in [0, 0.1) is 18.3 Å². The van der Waals surface area contributed by atoms with E-state index in [0.717, 1.165) is 16.9 Å². The molecule has 17 heavy (non-hydrogen) atoms. The molecular weight excluding hydrogens is 236 g/mol. The van der Waals surface area contributed by atoms with Crippen LogP contribution in [0.15, 0.2) is 12.1 Å². The van der Waals surface area contributed by atoms with E-state index < -0.39 is 5.54 Å². The van der Waals surface area contributed by atoms with E-state index >= 15 is 0 Å². The topological polar surface area (TPSA) is 45.0 Å². The Morgan fingerprint density at radius 2 is 2.12 bits per heavy atom. The normalized spacial score (nSPS) is 11.1. The van der Waals surface area contributed by atoms with Gasteiger partial charge in [0.25, 0.3) is 0 Å². The molecule has 0 unspecified atom stereocenters. The van der Waals surface area contributed by atoms with Gasteiger partial charge in [-0.3, -0.25) is 5.32 Å². The van der Waals surface area contributed by atoms with Crippen LogP contribution in [-0.2, 0) is 6.54 Å². The first-order valence-electron chi connectivity index (χ1n) is 5.39. The van der Waals surface area contributed by atoms with Gasteiger partial charge in [-0.2, -0.15) is 5.26 Å². The lowest BCUT2D eigenvalue weighted by atomic mass is 10.1. The second-order valence-corrected chi connectivity index (χ2v) is 4.91. The summed E-state index contributed by atoms with van der Waals surface area (Å²) in [5, 5.41) is 12.8. The van der Waals surface area contributed by atoms with Crippen LogP contribution in [0.2, 0.25) is 5.02 Å². The Morgan fingerprint density at radius 1 is 1.47 bits per heavy atom. The molecule has 1 N–H and O–H groups in total. The van der Waals surface area contributed by atoms with Crippen molar-refractivity contribution >= 4 is 11.6 Å². The van der Waals surface area contributed by atoms with Gasteiger partial charge < -0.3 is 4.74 Å². The van der Waals surface area contributed by atoms with Crippen LogP contribution < -0.4 is 10.1 Å². The van der Waals surface area contributed by atoms with Crippen LogP contribution in [0.3, 0.4) is 0 Å². The standard InChI is InChI=1S/C13H17ClN2O/c1-9-5-12(17-4)10(6-11(9)14)7-16-13(2,3)8-15/h5-6,16H,7H2,1-4H3. The van der Waals surface area contributed by atoms with Crippen LogP contribution in [0.1, 0.15) is 25.0 Å². The highest BCUT2D eigenvalue weighted by molar-refractivity contribution is 6.31. The van der Waals surface area contributed by atoms with Crippen molar-refractivity contribution in [2.75, 3.05) is 7.11 Å². The van der Waals surface area contributed by atoms with Gasteiger partial charge in [0.15, 0.2) is 0 Å². The number of rotatable bonds is 4. The van der Waals surface area contributed by atoms with Gasteiger partial charge in [-0.05, 0) is 38.5 Å². The Morgan fingerprint density at radius 3 is 2.65 bits per heavy atom. The van der Waals surface area contributed by atoms with Crippen molar-refractivity contribution in [3.05, 3.63) is 28.3 Å². The zero-order chi connectivity index (χ0) is 13.1. The van der Waals surface area contributed by atoms with Crippen molar-refractivity contribution in [3.63, 3.8) is 0 Å². The number of hydrogen-bond acceptors (Lipinski definition) is 3. The van der Waals surface area contributed by atoms with Crippen LogP contribution in [-0.4, -0.2) is 12.6 Å². The summed E-state index contributed by atoms with van der Waals surface area (Å²) in [6, 6.07) is 5.96. The molecule has 4 heteroatoms. The minimum absolute atomic E-state index is 0.545. The highest BCUT2D eigenvalue weighted by Crippen LogP contribution is 2.26. The molecule has 0 saturated heterocycles. The van der Waals surface area contributed by atoms with E-state index in [0.29, 0.717) is 11.6 Å². The third kappa shape index (κ3) is 3.62. The zero-order valence-electron chi connectivity index (χ0n) is 10.6. The lowest BCUT2D eigenvalue weighted by Crippen LogP contribution is -2.37. The quantitative estimate of drug-likeness (QED) is 0.896. The molecule has 1 aromatic rings. The molecule has 0 aliphatic heterocycles. The average molecular weight is 253 g/mol. The molecule has 0 aliphatic rings. The summed E-state index contributed by atoms with van der Waals surface area (Å²) in [6.45, 7) is 6.13. The average Bonchev–Trinajstić information content (AvgIpc) is 2.30. The number of hydrogen-bond donors (Lipinski definition) is 1. The van der Waals surface area contributed by atoms with Gasteiger partial charge in [0.05, 0.1) is 13.2 Å². The number of nitrogens with zero attached hydrogens (tertiary/aromatic N) is 1. The molecule has 0 radical (unpaired) electrons. The molecule has 0 heterocycles. The second-order valence-electron chi connectivity index (χ2n) is 4.50. The van der Waals surface area contributed by atoms with E-state index in [2.05, 4.69) is 11.4 Å². The van der Waals surface area contributed by atoms with Crippen LogP contribution >= 0.6 is 11.6 Å². The van der Waals surface area contributed by atoms with Crippen molar-refractivity contribution in [2.24, 2.45) is 0 Å². The van der Waals surface area contributed by atoms with Crippen molar-refractivity contribution in [1.29, 1.82) is 5.26 Å². The molecule has 1 rings (SSSR count). The number of halogens is 1. The SMILES string of the molecule is COc1cc(C)c(Cl)cc1CNC(C)(C)C#N. The molecule has 0 amide bonds. The Bertz CT molecular complexity index is 449. The van der Waals surface area contributed by atoms with Gasteiger partial charge in [0.2, 0.25) is 0 Å². The zero-order valence-corrected chi connectivity index (χ0v) is 11.4. The third-order valence-corrected chi connectivity index (χ3v) is 2.97. The molecule has 0 fully saturated rings. The van der Waals surface area contributed by atoms with Gasteiger partial charge >= 0.3 is 0 Å². The Hall–Kier alpha value is -1.24. The smallest absolute Gasteiger partial charge is 0.123 e. The molecule has 0 bridgehead atoms. The fourth-order valence-electron chi connectivity index (χ4n) is 1.38. The maximum Gasteiger partial charge on any atom is 0.123 e. The Balaban J connectivity index is 2.92. The maximum absolute atomic E-state index is 8.93. The number of methoxy groups -OCH3 is 1. The first-order chi connectivity index (χ1) is 7.89. The fraction of sp³-hybridized carbons (Fsp3) is 0.462. The number of aryl methyl sites for hydroxylation is 1. The molecule has 3 nitrogen and oxygen atoms in total. The molecular formula is C13H17ClN2O. The van der Waals surface area contributed by atoms with Crippen molar-refractivity contribution in [1.82, 2.24) is 5.32 Å². The van der Waals surface area contributed by atoms with Gasteiger partial charge in [0, 0.05) is 17.1 Å². The third-order valence-electron chi connectivity index (χ3n) is 2.56. The molecule has 0 spiro atoms. The summed E-state index contributed by atoms with van der Waals surface area (Å²) >= 11 is 6.08. The summed E-state index contributed by atoms with van der Waals surface area (Å²) in [4.78, 5) is 0. The van der Waals surface area contributed by atoms with Gasteiger partial charge in [-0.1, -0.05) is 11.6 Å². The Kier molecular flexibility index (Phi) is 4.39. The van der Waals surface area contributed by atoms with Gasteiger partial charge in [-0.15, -0.1) is 0 Å². The van der Waals surface area contributed by atoms with Gasteiger partial charge in [0.1, 0.15) is 11.3 Å². The van der Waals surface area contributed by atoms with E-state index in [9.17, 15) is 0 Å². The predicted octanol–water partition coefficient (Wildman–Crippen LogP) is 3.05. The lowest BCUT2D eigenvalue weighted by molar-refractivity contribution is 0.402. The highest BCUT2D eigenvalue weighted by atomic mass is 35.5. The van der Waals surface area contributed by atoms with Gasteiger partial charge in [-0.25, -0.2) is 0 Å². The molecule has 0 aromatic heterocycles. The molecule has 0 aliphatic carbocycles. The molecule has 92 valence electrons. The summed E-state index contributed by atoms with van der Waals surface area (Å²) in [7, 11) is 1.63. The molecule has 0 atom stereocenters. The molecule has 1 aromatic carbocycles. The summed E-state index contributed by atoms with van der Waals surface area (Å²) < 4.78 is 5.30. The van der Waals surface area contributed by atoms with Crippen LogP contribution in [0.25, 0.3) is 0 Å². The lowest BCUT2D eigenvalue weighted by Gasteiger charge is -2.19. The summed E-state index contributed by atoms with van der Waals surface area (Å²) in [6.07, 6.45) is 0. The van der Waals surface area contributed by atoms with Crippen molar-refractivity contribution in [2.45, 2.75) is 32.9 Å². The number of nitrogens with one attached hydrogen (secondary N) is 1. The van der Waals surface area contributed by atoms with E-state index in [1.54, 1.807) is 7.11 Å². The van der Waals surface area contributed by atoms with E-state index in [1.807, 2.05) is 32.9 Å². The Labute approximate surface area is 107 Å². The van der Waals surface area contributed by atoms with E-state index in [-0.39, 0.29) is 0 Å². The van der Waals surface area contributed by atoms with Crippen molar-refractivity contribution in [3.8, 4) is 11.8 Å². The summed E-state index contributed by atoms with van der Waals surface area (Å²) in [5.41, 5.74) is 1.36. The number of ether oxygens (including phenoxy) is 1. The predicted molar refractivity (Wildman–Crippen MR) is 69.3 cm³/mol. The fourth-order valence-corrected chi connectivity index (χ4v) is 1.57. The first-order valence-corrected chi connectivity index (χ1v) is 5.76. The van der Waals surface area contributed by atoms with Crippen molar-refractivity contribution < 1.29 is 4.74 Å². The number of nitriles is 1. The number of benzene rings is 1. The van der Waals surface area contributed by atoms with E-state index in [4.69, 9.17) is 21.6 Å². The minimum atomic E-state index is -0.567. The first kappa shape index (κ1) is 13.8. The largest absolute Gasteiger partial charge is 0.496 e. The van der Waals surface area contributed by atoms with E-state index in [1.165, 1.54) is 0 Å². The monoisotopic (exact) mass is 252 g/mol. The van der Waals surface area contributed by atoms with Crippen LogP contribution in [0.5, 0.6) is 5.75 Å². The second kappa shape index (κ2) is 5.39. The maximum atomic E-state index is 8.93. The molecule has 0 saturated carbocycles. The highest BCUT2D eigenvalue weighted by Gasteiger charge is 2.16. The van der Waals surface area contributed by atoms with Crippen LogP contribution in [0.4, 0.5) is 0 Å². The summed E-state index contributed by atoms with van der Waals surface area (Å²) in [5.74, 6) is 0.785.